The summed E-state index contributed by atoms with van der Waals surface area (Å²) in [7, 11) is 0. The van der Waals surface area contributed by atoms with Crippen LogP contribution in [0.5, 0.6) is 0 Å². The highest BCUT2D eigenvalue weighted by atomic mass is 32.2. The van der Waals surface area contributed by atoms with Crippen LogP contribution in [0.1, 0.15) is 30.4 Å². The van der Waals surface area contributed by atoms with Crippen LogP contribution in [0.25, 0.3) is 0 Å². The SMILES string of the molecule is O=C(COC(=O)CSc1ccc2c(c1)CCC2)NC[C@H]1CCCO1. The fourth-order valence-electron chi connectivity index (χ4n) is 3.05. The molecule has 1 saturated heterocycles. The monoisotopic (exact) mass is 349 g/mol. The molecule has 0 unspecified atom stereocenters. The van der Waals surface area contributed by atoms with Crippen LogP contribution < -0.4 is 5.32 Å². The van der Waals surface area contributed by atoms with Crippen molar-refractivity contribution in [3.63, 3.8) is 0 Å². The number of rotatable bonds is 7. The van der Waals surface area contributed by atoms with Crippen molar-refractivity contribution in [1.82, 2.24) is 5.32 Å². The summed E-state index contributed by atoms with van der Waals surface area (Å²) in [5.74, 6) is -0.424. The Bertz CT molecular complexity index is 599. The van der Waals surface area contributed by atoms with Crippen LogP contribution in [-0.2, 0) is 31.9 Å². The van der Waals surface area contributed by atoms with E-state index in [1.54, 1.807) is 0 Å². The first-order valence-corrected chi connectivity index (χ1v) is 9.48. The van der Waals surface area contributed by atoms with Crippen molar-refractivity contribution in [3.8, 4) is 0 Å². The number of thioether (sulfide) groups is 1. The molecule has 1 aromatic rings. The van der Waals surface area contributed by atoms with E-state index in [2.05, 4.69) is 23.5 Å². The number of carbonyl (C=O) groups excluding carboxylic acids is 2. The Morgan fingerprint density at radius 2 is 2.12 bits per heavy atom. The van der Waals surface area contributed by atoms with Gasteiger partial charge in [0.2, 0.25) is 0 Å². The molecule has 6 heteroatoms. The Balaban J connectivity index is 1.32. The van der Waals surface area contributed by atoms with Gasteiger partial charge in [0, 0.05) is 18.0 Å². The molecule has 1 N–H and O–H groups in total. The fourth-order valence-corrected chi connectivity index (χ4v) is 3.81. The minimum absolute atomic E-state index is 0.0972. The number of carbonyl (C=O) groups is 2. The smallest absolute Gasteiger partial charge is 0.316 e. The molecule has 130 valence electrons. The Kier molecular flexibility index (Phi) is 6.15. The van der Waals surface area contributed by atoms with Gasteiger partial charge in [0.1, 0.15) is 0 Å². The molecular formula is C18H23NO4S. The lowest BCUT2D eigenvalue weighted by atomic mass is 10.1. The summed E-state index contributed by atoms with van der Waals surface area (Å²) in [5, 5.41) is 2.73. The number of nitrogens with one attached hydrogen (secondary N) is 1. The van der Waals surface area contributed by atoms with Crippen molar-refractivity contribution >= 4 is 23.6 Å². The molecule has 1 aromatic carbocycles. The predicted molar refractivity (Wildman–Crippen MR) is 92.1 cm³/mol. The van der Waals surface area contributed by atoms with Gasteiger partial charge in [0.15, 0.2) is 6.61 Å². The number of esters is 1. The first-order valence-electron chi connectivity index (χ1n) is 8.49. The van der Waals surface area contributed by atoms with E-state index in [-0.39, 0.29) is 30.3 Å². The van der Waals surface area contributed by atoms with Gasteiger partial charge in [-0.3, -0.25) is 9.59 Å². The first kappa shape index (κ1) is 17.3. The summed E-state index contributed by atoms with van der Waals surface area (Å²) in [5.41, 5.74) is 2.81. The lowest BCUT2D eigenvalue weighted by Crippen LogP contribution is -2.35. The minimum atomic E-state index is -0.368. The van der Waals surface area contributed by atoms with Gasteiger partial charge < -0.3 is 14.8 Å². The van der Waals surface area contributed by atoms with Gasteiger partial charge in [-0.25, -0.2) is 0 Å². The number of hydrogen-bond donors (Lipinski definition) is 1. The Hall–Kier alpha value is -1.53. The van der Waals surface area contributed by atoms with Crippen molar-refractivity contribution in [3.05, 3.63) is 29.3 Å². The average molecular weight is 349 g/mol. The van der Waals surface area contributed by atoms with Crippen LogP contribution in [-0.4, -0.2) is 43.5 Å². The molecule has 0 radical (unpaired) electrons. The zero-order valence-electron chi connectivity index (χ0n) is 13.7. The molecule has 1 aliphatic heterocycles. The zero-order chi connectivity index (χ0) is 16.8. The summed E-state index contributed by atoms with van der Waals surface area (Å²) in [6.07, 6.45) is 5.60. The zero-order valence-corrected chi connectivity index (χ0v) is 14.5. The number of fused-ring (bicyclic) bond motifs is 1. The molecule has 2 aliphatic rings. The van der Waals surface area contributed by atoms with Crippen molar-refractivity contribution in [2.75, 3.05) is 25.5 Å². The molecule has 1 heterocycles. The van der Waals surface area contributed by atoms with Crippen LogP contribution in [0.2, 0.25) is 0 Å². The molecule has 5 nitrogen and oxygen atoms in total. The van der Waals surface area contributed by atoms with Crippen molar-refractivity contribution in [2.45, 2.75) is 43.1 Å². The maximum absolute atomic E-state index is 11.8. The normalized spacial score (nSPS) is 19.1. The van der Waals surface area contributed by atoms with E-state index in [1.807, 2.05) is 0 Å². The van der Waals surface area contributed by atoms with Crippen LogP contribution in [0.3, 0.4) is 0 Å². The van der Waals surface area contributed by atoms with Gasteiger partial charge in [0.05, 0.1) is 11.9 Å². The first-order chi connectivity index (χ1) is 11.7. The lowest BCUT2D eigenvalue weighted by molar-refractivity contribution is -0.146. The van der Waals surface area contributed by atoms with Gasteiger partial charge in [0.25, 0.3) is 5.91 Å². The second-order valence-electron chi connectivity index (χ2n) is 6.17. The van der Waals surface area contributed by atoms with Crippen molar-refractivity contribution in [1.29, 1.82) is 0 Å². The van der Waals surface area contributed by atoms with E-state index in [0.717, 1.165) is 37.2 Å². The number of aryl methyl sites for hydroxylation is 2. The van der Waals surface area contributed by atoms with Gasteiger partial charge in [-0.15, -0.1) is 11.8 Å². The van der Waals surface area contributed by atoms with Gasteiger partial charge in [-0.1, -0.05) is 6.07 Å². The highest BCUT2D eigenvalue weighted by Crippen LogP contribution is 2.27. The third kappa shape index (κ3) is 4.98. The van der Waals surface area contributed by atoms with Gasteiger partial charge in [-0.2, -0.15) is 0 Å². The van der Waals surface area contributed by atoms with E-state index < -0.39 is 0 Å². The van der Waals surface area contributed by atoms with Crippen LogP contribution in [0, 0.1) is 0 Å². The molecule has 0 spiro atoms. The van der Waals surface area contributed by atoms with E-state index >= 15 is 0 Å². The highest BCUT2D eigenvalue weighted by Gasteiger charge is 2.17. The molecule has 1 atom stereocenters. The third-order valence-electron chi connectivity index (χ3n) is 4.34. The molecule has 0 aromatic heterocycles. The van der Waals surface area contributed by atoms with Crippen molar-refractivity contribution < 1.29 is 19.1 Å². The fraction of sp³-hybridized carbons (Fsp3) is 0.556. The molecule has 3 rings (SSSR count). The van der Waals surface area contributed by atoms with Crippen LogP contribution in [0.4, 0.5) is 0 Å². The van der Waals surface area contributed by atoms with Crippen molar-refractivity contribution in [2.24, 2.45) is 0 Å². The molecule has 0 bridgehead atoms. The molecule has 1 fully saturated rings. The average Bonchev–Trinajstić information content (AvgIpc) is 3.26. The molecule has 1 amide bonds. The Morgan fingerprint density at radius 1 is 1.25 bits per heavy atom. The lowest BCUT2D eigenvalue weighted by Gasteiger charge is -2.11. The second kappa shape index (κ2) is 8.53. The maximum atomic E-state index is 11.8. The number of hydrogen-bond acceptors (Lipinski definition) is 5. The highest BCUT2D eigenvalue weighted by molar-refractivity contribution is 8.00. The predicted octanol–water partition coefficient (Wildman–Crippen LogP) is 2.11. The summed E-state index contributed by atoms with van der Waals surface area (Å²) >= 11 is 1.45. The van der Waals surface area contributed by atoms with E-state index in [4.69, 9.17) is 9.47 Å². The number of benzene rings is 1. The number of ether oxygens (including phenoxy) is 2. The largest absolute Gasteiger partial charge is 0.455 e. The number of amides is 1. The topological polar surface area (TPSA) is 64.6 Å². The Morgan fingerprint density at radius 3 is 2.96 bits per heavy atom. The maximum Gasteiger partial charge on any atom is 0.316 e. The van der Waals surface area contributed by atoms with E-state index in [9.17, 15) is 9.59 Å². The van der Waals surface area contributed by atoms with Gasteiger partial charge >= 0.3 is 5.97 Å². The summed E-state index contributed by atoms with van der Waals surface area (Å²) < 4.78 is 10.4. The van der Waals surface area contributed by atoms with E-state index in [0.29, 0.717) is 6.54 Å². The Labute approximate surface area is 146 Å². The van der Waals surface area contributed by atoms with Gasteiger partial charge in [-0.05, 0) is 55.4 Å². The molecule has 24 heavy (non-hydrogen) atoms. The quantitative estimate of drug-likeness (QED) is 0.603. The second-order valence-corrected chi connectivity index (χ2v) is 7.22. The molecule has 1 aliphatic carbocycles. The van der Waals surface area contributed by atoms with Crippen LogP contribution in [0.15, 0.2) is 23.1 Å². The summed E-state index contributed by atoms with van der Waals surface area (Å²) in [6.45, 7) is 1.02. The minimum Gasteiger partial charge on any atom is -0.455 e. The van der Waals surface area contributed by atoms with E-state index in [1.165, 1.54) is 29.3 Å². The molecule has 0 saturated carbocycles. The molecular weight excluding hydrogens is 326 g/mol. The van der Waals surface area contributed by atoms with Crippen LogP contribution >= 0.6 is 11.8 Å². The summed E-state index contributed by atoms with van der Waals surface area (Å²) in [6, 6.07) is 6.36. The third-order valence-corrected chi connectivity index (χ3v) is 5.31. The summed E-state index contributed by atoms with van der Waals surface area (Å²) in [4.78, 5) is 24.5. The standard InChI is InChI=1S/C18H23NO4S/c20-17(19-10-15-5-2-8-22-15)11-23-18(21)12-24-16-7-6-13-3-1-4-14(13)9-16/h6-7,9,15H,1-5,8,10-12H2,(H,19,20)/t15-/m1/s1.